The van der Waals surface area contributed by atoms with Crippen LogP contribution >= 0.6 is 0 Å². The molecule has 1 saturated carbocycles. The number of hydrogen-bond acceptors (Lipinski definition) is 8. The highest BCUT2D eigenvalue weighted by Gasteiger charge is 2.44. The minimum absolute atomic E-state index is 0.195. The second kappa shape index (κ2) is 10.7. The van der Waals surface area contributed by atoms with E-state index in [9.17, 15) is 22.3 Å². The summed E-state index contributed by atoms with van der Waals surface area (Å²) >= 11 is 0. The number of aromatic nitrogens is 4. The molecular formula is C29H37F2N7O3S. The number of pyridine rings is 1. The summed E-state index contributed by atoms with van der Waals surface area (Å²) in [5, 5.41) is 17.3. The molecule has 3 fully saturated rings. The minimum Gasteiger partial charge on any atom is -0.395 e. The van der Waals surface area contributed by atoms with Gasteiger partial charge in [0.25, 0.3) is 5.92 Å². The van der Waals surface area contributed by atoms with E-state index in [-0.39, 0.29) is 25.9 Å². The lowest BCUT2D eigenvalue weighted by atomic mass is 9.93. The first-order valence-corrected chi connectivity index (χ1v) is 16.1. The van der Waals surface area contributed by atoms with Gasteiger partial charge in [-0.1, -0.05) is 5.21 Å². The van der Waals surface area contributed by atoms with Crippen LogP contribution in [0.15, 0.2) is 36.5 Å². The van der Waals surface area contributed by atoms with Crippen molar-refractivity contribution in [3.8, 4) is 16.9 Å². The van der Waals surface area contributed by atoms with Crippen molar-refractivity contribution in [1.29, 1.82) is 0 Å². The molecule has 1 atom stereocenters. The number of nitrogens with one attached hydrogen (secondary N) is 1. The Morgan fingerprint density at radius 1 is 0.976 bits per heavy atom. The quantitative estimate of drug-likeness (QED) is 0.391. The number of halogens is 2. The molecule has 1 aromatic carbocycles. The Labute approximate surface area is 244 Å². The first kappa shape index (κ1) is 28.8. The first-order chi connectivity index (χ1) is 20.0. The van der Waals surface area contributed by atoms with Gasteiger partial charge >= 0.3 is 0 Å². The van der Waals surface area contributed by atoms with Gasteiger partial charge in [0.15, 0.2) is 0 Å². The zero-order chi connectivity index (χ0) is 29.7. The number of aliphatic hydroxyl groups excluding tert-OH is 1. The van der Waals surface area contributed by atoms with Crippen LogP contribution in [0.1, 0.15) is 51.1 Å². The molecule has 1 aliphatic carbocycles. The number of benzene rings is 1. The van der Waals surface area contributed by atoms with E-state index in [0.717, 1.165) is 48.6 Å². The first-order valence-electron chi connectivity index (χ1n) is 14.5. The predicted octanol–water partition coefficient (Wildman–Crippen LogP) is 4.38. The molecule has 0 unspecified atom stereocenters. The Morgan fingerprint density at radius 3 is 2.33 bits per heavy atom. The third-order valence-electron chi connectivity index (χ3n) is 8.94. The Bertz CT molecular complexity index is 1550. The van der Waals surface area contributed by atoms with Crippen LogP contribution in [0, 0.1) is 12.3 Å². The molecule has 6 rings (SSSR count). The van der Waals surface area contributed by atoms with Crippen LogP contribution in [0.25, 0.3) is 16.9 Å². The normalized spacial score (nSPS) is 20.5. The topological polar surface area (TPSA) is 116 Å². The van der Waals surface area contributed by atoms with Gasteiger partial charge in [0.1, 0.15) is 16.8 Å². The second-order valence-corrected chi connectivity index (χ2v) is 14.2. The number of aryl methyl sites for hydroxylation is 1. The predicted molar refractivity (Wildman–Crippen MR) is 158 cm³/mol. The third-order valence-corrected chi connectivity index (χ3v) is 10.7. The number of hydrogen-bond donors (Lipinski definition) is 2. The summed E-state index contributed by atoms with van der Waals surface area (Å²) in [6.45, 7) is 5.05. The smallest absolute Gasteiger partial charge is 0.251 e. The summed E-state index contributed by atoms with van der Waals surface area (Å²) < 4.78 is 57.1. The van der Waals surface area contributed by atoms with Gasteiger partial charge in [-0.2, -0.15) is 0 Å². The van der Waals surface area contributed by atoms with Crippen LogP contribution < -0.4 is 14.5 Å². The molecule has 4 heterocycles. The average molecular weight is 602 g/mol. The Balaban J connectivity index is 1.31. The molecule has 1 spiro atoms. The zero-order valence-corrected chi connectivity index (χ0v) is 24.7. The van der Waals surface area contributed by atoms with Gasteiger partial charge in [-0.25, -0.2) is 26.9 Å². The summed E-state index contributed by atoms with van der Waals surface area (Å²) in [5.74, 6) is -1.99. The van der Waals surface area contributed by atoms with Crippen LogP contribution in [0.3, 0.4) is 0 Å². The summed E-state index contributed by atoms with van der Waals surface area (Å²) in [7, 11) is -3.76. The van der Waals surface area contributed by atoms with Crippen LogP contribution in [0.2, 0.25) is 0 Å². The maximum Gasteiger partial charge on any atom is 0.251 e. The van der Waals surface area contributed by atoms with Crippen LogP contribution in [-0.2, 0) is 10.0 Å². The summed E-state index contributed by atoms with van der Waals surface area (Å²) in [6.07, 6.45) is 6.16. The summed E-state index contributed by atoms with van der Waals surface area (Å²) in [6, 6.07) is 9.11. The van der Waals surface area contributed by atoms with Gasteiger partial charge < -0.3 is 14.9 Å². The standard InChI is InChI=1S/C29H37F2N7O3S/c1-20-15-22(16-27(32-20)37-13-9-29(30,31)10-14-37)24-18-38(35-33-24)25-4-3-23(34-42(40,41)21(2)19-39)17-26(25)36-11-7-28(5-6-28)8-12-36/h3-4,15-18,21,34,39H,5-14,19H2,1-2H3/t21-/m0/s1. The minimum atomic E-state index is -3.76. The number of anilines is 3. The molecule has 3 aromatic rings. The van der Waals surface area contributed by atoms with E-state index in [0.29, 0.717) is 22.6 Å². The van der Waals surface area contributed by atoms with Crippen molar-refractivity contribution in [3.05, 3.63) is 42.2 Å². The summed E-state index contributed by atoms with van der Waals surface area (Å²) in [5.41, 5.74) is 4.66. The Hall–Kier alpha value is -3.32. The van der Waals surface area contributed by atoms with Crippen molar-refractivity contribution >= 4 is 27.2 Å². The molecule has 0 bridgehead atoms. The fourth-order valence-electron chi connectivity index (χ4n) is 5.83. The maximum absolute atomic E-state index is 13.7. The fourth-order valence-corrected chi connectivity index (χ4v) is 6.69. The summed E-state index contributed by atoms with van der Waals surface area (Å²) in [4.78, 5) is 8.75. The molecule has 0 amide bonds. The molecule has 2 N–H and O–H groups in total. The molecule has 2 aromatic heterocycles. The van der Waals surface area contributed by atoms with E-state index in [1.54, 1.807) is 10.7 Å². The molecule has 10 nitrogen and oxygen atoms in total. The van der Waals surface area contributed by atoms with Crippen molar-refractivity contribution in [2.75, 3.05) is 47.3 Å². The molecular weight excluding hydrogens is 564 g/mol. The van der Waals surface area contributed by atoms with Gasteiger partial charge in [-0.15, -0.1) is 5.10 Å². The lowest BCUT2D eigenvalue weighted by Gasteiger charge is -2.35. The van der Waals surface area contributed by atoms with Crippen molar-refractivity contribution in [1.82, 2.24) is 20.0 Å². The average Bonchev–Trinajstić information content (AvgIpc) is 3.52. The zero-order valence-electron chi connectivity index (χ0n) is 23.9. The van der Waals surface area contributed by atoms with E-state index in [2.05, 4.69) is 24.9 Å². The SMILES string of the molecule is Cc1cc(-c2cn(-c3ccc(NS(=O)(=O)[C@@H](C)CO)cc3N3CCC4(CC3)CC4)nn2)cc(N2CCC(F)(F)CC2)n1. The van der Waals surface area contributed by atoms with Crippen molar-refractivity contribution in [2.24, 2.45) is 5.41 Å². The highest BCUT2D eigenvalue weighted by atomic mass is 32.2. The fraction of sp³-hybridized carbons (Fsp3) is 0.552. The van der Waals surface area contributed by atoms with Crippen LogP contribution in [0.5, 0.6) is 0 Å². The molecule has 3 aliphatic rings. The second-order valence-electron chi connectivity index (χ2n) is 12.1. The number of piperidine rings is 2. The number of alkyl halides is 2. The van der Waals surface area contributed by atoms with E-state index in [1.807, 2.05) is 42.3 Å². The highest BCUT2D eigenvalue weighted by molar-refractivity contribution is 7.93. The van der Waals surface area contributed by atoms with Crippen molar-refractivity contribution < 1.29 is 22.3 Å². The van der Waals surface area contributed by atoms with E-state index in [4.69, 9.17) is 0 Å². The van der Waals surface area contributed by atoms with Gasteiger partial charge in [0.2, 0.25) is 10.0 Å². The monoisotopic (exact) mass is 601 g/mol. The van der Waals surface area contributed by atoms with Crippen molar-refractivity contribution in [2.45, 2.75) is 63.5 Å². The molecule has 2 aliphatic heterocycles. The van der Waals surface area contributed by atoms with Gasteiger partial charge in [0, 0.05) is 50.3 Å². The van der Waals surface area contributed by atoms with E-state index < -0.39 is 27.8 Å². The molecule has 0 radical (unpaired) electrons. The number of sulfonamides is 1. The van der Waals surface area contributed by atoms with Gasteiger partial charge in [-0.05, 0) is 75.3 Å². The lowest BCUT2D eigenvalue weighted by molar-refractivity contribution is -0.0221. The maximum atomic E-state index is 13.7. The molecule has 13 heteroatoms. The van der Waals surface area contributed by atoms with Gasteiger partial charge in [-0.3, -0.25) is 4.72 Å². The van der Waals surface area contributed by atoms with Crippen LogP contribution in [-0.4, -0.2) is 77.5 Å². The Morgan fingerprint density at radius 2 is 1.67 bits per heavy atom. The highest BCUT2D eigenvalue weighted by Crippen LogP contribution is 2.54. The number of rotatable bonds is 8. The molecule has 2 saturated heterocycles. The van der Waals surface area contributed by atoms with Crippen molar-refractivity contribution in [3.63, 3.8) is 0 Å². The van der Waals surface area contributed by atoms with Crippen LogP contribution in [0.4, 0.5) is 26.0 Å². The number of aliphatic hydroxyl groups is 1. The largest absolute Gasteiger partial charge is 0.395 e. The lowest BCUT2D eigenvalue weighted by Crippen LogP contribution is -2.39. The molecule has 226 valence electrons. The number of nitrogens with zero attached hydrogens (tertiary/aromatic N) is 6. The third kappa shape index (κ3) is 5.94. The molecule has 42 heavy (non-hydrogen) atoms. The van der Waals surface area contributed by atoms with Gasteiger partial charge in [0.05, 0.1) is 29.9 Å². The van der Waals surface area contributed by atoms with E-state index >= 15 is 0 Å². The van der Waals surface area contributed by atoms with E-state index in [1.165, 1.54) is 19.8 Å². The Kier molecular flexibility index (Phi) is 7.37.